The molecular formula is C8H9BrO2Zn-. The third-order valence-corrected chi connectivity index (χ3v) is 0.886. The number of hydrogen-bond donors (Lipinski definition) is 0. The van der Waals surface area contributed by atoms with Crippen molar-refractivity contribution in [2.75, 3.05) is 6.61 Å². The van der Waals surface area contributed by atoms with E-state index in [9.17, 15) is 4.79 Å². The molecule has 12 heavy (non-hydrogen) atoms. The Labute approximate surface area is 96.3 Å². The Morgan fingerprint density at radius 3 is 2.50 bits per heavy atom. The Morgan fingerprint density at radius 1 is 1.67 bits per heavy atom. The van der Waals surface area contributed by atoms with Gasteiger partial charge in [-0.3, -0.25) is 0 Å². The number of halogens is 1. The SMILES string of the molecule is [Br-].[C]#C/C=C(\C)C(=O)OCC.[Zn]. The van der Waals surface area contributed by atoms with Crippen LogP contribution >= 0.6 is 0 Å². The molecule has 0 heterocycles. The summed E-state index contributed by atoms with van der Waals surface area (Å²) in [6, 6.07) is 0. The molecule has 0 atom stereocenters. The molecule has 0 aliphatic rings. The largest absolute Gasteiger partial charge is 1.00 e. The number of carbonyl (C=O) groups is 1. The molecule has 0 aromatic heterocycles. The van der Waals surface area contributed by atoms with Gasteiger partial charge in [-0.2, -0.15) is 0 Å². The normalized spacial score (nSPS) is 8.58. The van der Waals surface area contributed by atoms with Crippen LogP contribution in [0.25, 0.3) is 0 Å². The molecule has 0 aliphatic carbocycles. The van der Waals surface area contributed by atoms with Gasteiger partial charge in [0.1, 0.15) is 0 Å². The Balaban J connectivity index is -0.000000405. The van der Waals surface area contributed by atoms with Crippen molar-refractivity contribution in [2.45, 2.75) is 13.8 Å². The van der Waals surface area contributed by atoms with Crippen molar-refractivity contribution in [3.8, 4) is 5.92 Å². The van der Waals surface area contributed by atoms with E-state index in [1.165, 1.54) is 6.08 Å². The summed E-state index contributed by atoms with van der Waals surface area (Å²) < 4.78 is 4.63. The van der Waals surface area contributed by atoms with Gasteiger partial charge in [-0.15, -0.1) is 0 Å². The van der Waals surface area contributed by atoms with Crippen molar-refractivity contribution in [3.05, 3.63) is 18.1 Å². The molecule has 0 N–H and O–H groups in total. The number of allylic oxidation sites excluding steroid dienone is 1. The van der Waals surface area contributed by atoms with Crippen LogP contribution in [0, 0.1) is 12.3 Å². The van der Waals surface area contributed by atoms with E-state index >= 15 is 0 Å². The molecule has 0 unspecified atom stereocenters. The fourth-order valence-corrected chi connectivity index (χ4v) is 0.412. The van der Waals surface area contributed by atoms with Gasteiger partial charge in [-0.1, -0.05) is 5.92 Å². The first-order valence-electron chi connectivity index (χ1n) is 2.98. The summed E-state index contributed by atoms with van der Waals surface area (Å²) >= 11 is 0. The van der Waals surface area contributed by atoms with Crippen molar-refractivity contribution in [1.29, 1.82) is 0 Å². The van der Waals surface area contributed by atoms with Gasteiger partial charge in [0.15, 0.2) is 0 Å². The number of hydrogen-bond acceptors (Lipinski definition) is 2. The summed E-state index contributed by atoms with van der Waals surface area (Å²) in [5, 5.41) is 0. The fraction of sp³-hybridized carbons (Fsp3) is 0.375. The van der Waals surface area contributed by atoms with E-state index in [0.29, 0.717) is 12.2 Å². The van der Waals surface area contributed by atoms with Crippen LogP contribution in [0.1, 0.15) is 13.8 Å². The number of esters is 1. The van der Waals surface area contributed by atoms with Gasteiger partial charge in [0, 0.05) is 25.1 Å². The van der Waals surface area contributed by atoms with Gasteiger partial charge in [0.2, 0.25) is 0 Å². The zero-order chi connectivity index (χ0) is 7.98. The van der Waals surface area contributed by atoms with Crippen LogP contribution in [0.5, 0.6) is 0 Å². The maximum Gasteiger partial charge on any atom is 0.334 e. The van der Waals surface area contributed by atoms with Crippen molar-refractivity contribution >= 4 is 5.97 Å². The molecule has 0 saturated heterocycles. The van der Waals surface area contributed by atoms with Gasteiger partial charge in [-0.25, -0.2) is 4.79 Å². The standard InChI is InChI=1S/C8H9O2.BrH.Zn/c1-4-6-7(3)8(9)10-5-2;;/h6H,5H2,2-3H3;1H;/p-1/b7-6+;;. The predicted octanol–water partition coefficient (Wildman–Crippen LogP) is -1.91. The first-order chi connectivity index (χ1) is 4.72. The summed E-state index contributed by atoms with van der Waals surface area (Å²) in [5.41, 5.74) is 0.400. The Bertz CT molecular complexity index is 194. The van der Waals surface area contributed by atoms with Crippen LogP contribution < -0.4 is 17.0 Å². The summed E-state index contributed by atoms with van der Waals surface area (Å²) in [6.07, 6.45) is 7.80. The molecule has 1 radical (unpaired) electrons. The molecule has 63 valence electrons. The van der Waals surface area contributed by atoms with Crippen LogP contribution in [0.15, 0.2) is 11.6 Å². The Kier molecular flexibility index (Phi) is 16.2. The van der Waals surface area contributed by atoms with Gasteiger partial charge < -0.3 is 21.7 Å². The van der Waals surface area contributed by atoms with Crippen LogP contribution in [-0.4, -0.2) is 12.6 Å². The molecule has 0 aromatic carbocycles. The molecule has 0 amide bonds. The minimum atomic E-state index is -0.387. The third kappa shape index (κ3) is 7.97. The van der Waals surface area contributed by atoms with Crippen LogP contribution in [-0.2, 0) is 29.0 Å². The van der Waals surface area contributed by atoms with Crippen molar-refractivity contribution in [1.82, 2.24) is 0 Å². The molecule has 0 saturated carbocycles. The second-order valence-electron chi connectivity index (χ2n) is 1.69. The monoisotopic (exact) mass is 280 g/mol. The van der Waals surface area contributed by atoms with Gasteiger partial charge in [-0.05, 0) is 26.3 Å². The number of ether oxygens (including phenoxy) is 1. The maximum absolute atomic E-state index is 10.7. The Morgan fingerprint density at radius 2 is 2.17 bits per heavy atom. The first-order valence-corrected chi connectivity index (χ1v) is 2.98. The molecule has 0 aliphatic heterocycles. The maximum atomic E-state index is 10.7. The van der Waals surface area contributed by atoms with Crippen LogP contribution in [0.2, 0.25) is 0 Å². The van der Waals surface area contributed by atoms with Gasteiger partial charge >= 0.3 is 5.97 Å². The smallest absolute Gasteiger partial charge is 0.334 e. The molecule has 0 bridgehead atoms. The minimum absolute atomic E-state index is 0. The molecule has 0 aromatic rings. The second kappa shape index (κ2) is 10.9. The first kappa shape index (κ1) is 17.8. The average Bonchev–Trinajstić information content (AvgIpc) is 1.89. The van der Waals surface area contributed by atoms with Gasteiger partial charge in [0.25, 0.3) is 0 Å². The van der Waals surface area contributed by atoms with E-state index in [2.05, 4.69) is 4.74 Å². The predicted molar refractivity (Wildman–Crippen MR) is 37.5 cm³/mol. The molecule has 0 fully saturated rings. The van der Waals surface area contributed by atoms with Crippen molar-refractivity contribution in [2.24, 2.45) is 0 Å². The summed E-state index contributed by atoms with van der Waals surface area (Å²) in [6.45, 7) is 3.68. The van der Waals surface area contributed by atoms with Crippen LogP contribution in [0.3, 0.4) is 0 Å². The van der Waals surface area contributed by atoms with Crippen molar-refractivity contribution < 1.29 is 46.0 Å². The molecule has 0 spiro atoms. The van der Waals surface area contributed by atoms with E-state index < -0.39 is 0 Å². The van der Waals surface area contributed by atoms with E-state index in [1.54, 1.807) is 13.8 Å². The molecule has 2 nitrogen and oxygen atoms in total. The fourth-order valence-electron chi connectivity index (χ4n) is 0.412. The Hall–Kier alpha value is -0.127. The zero-order valence-corrected chi connectivity index (χ0v) is 11.7. The third-order valence-electron chi connectivity index (χ3n) is 0.886. The van der Waals surface area contributed by atoms with E-state index in [-0.39, 0.29) is 42.4 Å². The van der Waals surface area contributed by atoms with E-state index in [1.807, 2.05) is 5.92 Å². The molecule has 0 rings (SSSR count). The molecule has 4 heteroatoms. The van der Waals surface area contributed by atoms with E-state index in [4.69, 9.17) is 6.42 Å². The molecular weight excluding hydrogens is 273 g/mol. The average molecular weight is 282 g/mol. The summed E-state index contributed by atoms with van der Waals surface area (Å²) in [5.74, 6) is 1.61. The topological polar surface area (TPSA) is 26.3 Å². The number of carbonyl (C=O) groups excluding carboxylic acids is 1. The number of rotatable bonds is 2. The second-order valence-corrected chi connectivity index (χ2v) is 1.69. The summed E-state index contributed by atoms with van der Waals surface area (Å²) in [7, 11) is 0. The van der Waals surface area contributed by atoms with Crippen LogP contribution in [0.4, 0.5) is 0 Å². The van der Waals surface area contributed by atoms with E-state index in [0.717, 1.165) is 0 Å². The van der Waals surface area contributed by atoms with Gasteiger partial charge in [0.05, 0.1) is 6.61 Å². The minimum Gasteiger partial charge on any atom is -1.00 e. The quantitative estimate of drug-likeness (QED) is 0.256. The van der Waals surface area contributed by atoms with Crippen molar-refractivity contribution in [3.63, 3.8) is 0 Å². The zero-order valence-electron chi connectivity index (χ0n) is 7.19. The summed E-state index contributed by atoms with van der Waals surface area (Å²) in [4.78, 5) is 10.7.